The van der Waals surface area contributed by atoms with Gasteiger partial charge in [0.2, 0.25) is 0 Å². The van der Waals surface area contributed by atoms with Crippen molar-refractivity contribution in [3.05, 3.63) is 140 Å². The summed E-state index contributed by atoms with van der Waals surface area (Å²) in [4.78, 5) is 5.12. The summed E-state index contributed by atoms with van der Waals surface area (Å²) in [6.07, 6.45) is 0. The molecule has 0 saturated carbocycles. The number of para-hydroxylation sites is 2. The van der Waals surface area contributed by atoms with Gasteiger partial charge in [-0.25, -0.2) is 0 Å². The molecule has 0 atom stereocenters. The average Bonchev–Trinajstić information content (AvgIpc) is 3.85. The summed E-state index contributed by atoms with van der Waals surface area (Å²) in [5.41, 5.74) is 7.36. The topological polar surface area (TPSA) is 35.9 Å². The first-order chi connectivity index (χ1) is 22.8. The molecule has 11 rings (SSSR count). The van der Waals surface area contributed by atoms with E-state index in [-0.39, 0.29) is 0 Å². The van der Waals surface area contributed by atoms with Gasteiger partial charge in [-0.1, -0.05) is 78.9 Å². The average molecular weight is 606 g/mol. The number of oxazole rings is 1. The van der Waals surface area contributed by atoms with Gasteiger partial charge in [-0.3, -0.25) is 4.57 Å². The molecule has 0 aliphatic rings. The Balaban J connectivity index is 1.24. The number of aromatic nitrogens is 3. The summed E-state index contributed by atoms with van der Waals surface area (Å²) in [7, 11) is 0. The number of rotatable bonds is 2. The second-order valence-electron chi connectivity index (χ2n) is 12.0. The zero-order valence-electron chi connectivity index (χ0n) is 24.4. The molecular weight excluding hydrogens is 583 g/mol. The van der Waals surface area contributed by atoms with Crippen LogP contribution in [0.3, 0.4) is 0 Å². The van der Waals surface area contributed by atoms with Gasteiger partial charge in [-0.15, -0.1) is 11.3 Å². The molecule has 0 fully saturated rings. The predicted octanol–water partition coefficient (Wildman–Crippen LogP) is 11.5. The summed E-state index contributed by atoms with van der Waals surface area (Å²) in [6.45, 7) is 0. The second kappa shape index (κ2) is 8.84. The van der Waals surface area contributed by atoms with Crippen molar-refractivity contribution in [1.29, 1.82) is 0 Å². The maximum absolute atomic E-state index is 6.79. The van der Waals surface area contributed by atoms with Crippen LogP contribution in [0.25, 0.3) is 97.4 Å². The van der Waals surface area contributed by atoms with Crippen LogP contribution in [0.1, 0.15) is 0 Å². The maximum atomic E-state index is 6.79. The first kappa shape index (κ1) is 24.4. The lowest BCUT2D eigenvalue weighted by atomic mass is 10.1. The molecule has 11 aromatic rings. The molecule has 0 spiro atoms. The number of hydrogen-bond donors (Lipinski definition) is 0. The fourth-order valence-corrected chi connectivity index (χ4v) is 8.62. The van der Waals surface area contributed by atoms with Gasteiger partial charge in [0.1, 0.15) is 5.52 Å². The number of nitrogens with zero attached hydrogens (tertiary/aromatic N) is 3. The second-order valence-corrected chi connectivity index (χ2v) is 13.1. The molecule has 0 aliphatic carbocycles. The van der Waals surface area contributed by atoms with E-state index < -0.39 is 0 Å². The number of hydrogen-bond acceptors (Lipinski definition) is 3. The molecule has 4 nitrogen and oxygen atoms in total. The molecule has 0 aliphatic heterocycles. The summed E-state index contributed by atoms with van der Waals surface area (Å²) >= 11 is 1.79. The van der Waals surface area contributed by atoms with Crippen LogP contribution in [0.4, 0.5) is 0 Å². The summed E-state index contributed by atoms with van der Waals surface area (Å²) in [5.74, 6) is 0. The van der Waals surface area contributed by atoms with Gasteiger partial charge < -0.3 is 8.98 Å². The lowest BCUT2D eigenvalue weighted by molar-refractivity contribution is 0.577. The maximum Gasteiger partial charge on any atom is 0.307 e. The lowest BCUT2D eigenvalue weighted by Gasteiger charge is -2.09. The van der Waals surface area contributed by atoms with E-state index in [1.807, 2.05) is 0 Å². The third-order valence-electron chi connectivity index (χ3n) is 9.53. The number of fused-ring (bicyclic) bond motifs is 12. The molecular formula is C41H23N3OS. The highest BCUT2D eigenvalue weighted by Gasteiger charge is 2.21. The SMILES string of the molecule is c1ccc2cc3c(cc2c1)c1cc(-n2c4ccccc4c4ccccc42)ccc1n3-c1nc2ccc3sc4ccccc4c3c2o1. The predicted molar refractivity (Wildman–Crippen MR) is 193 cm³/mol. The van der Waals surface area contributed by atoms with E-state index in [1.54, 1.807) is 11.3 Å². The molecule has 46 heavy (non-hydrogen) atoms. The van der Waals surface area contributed by atoms with Crippen LogP contribution in [-0.4, -0.2) is 14.1 Å². The van der Waals surface area contributed by atoms with E-state index in [4.69, 9.17) is 9.40 Å². The van der Waals surface area contributed by atoms with Crippen molar-refractivity contribution in [2.45, 2.75) is 0 Å². The molecule has 0 radical (unpaired) electrons. The van der Waals surface area contributed by atoms with Crippen LogP contribution in [-0.2, 0) is 0 Å². The minimum atomic E-state index is 0.581. The smallest absolute Gasteiger partial charge is 0.307 e. The van der Waals surface area contributed by atoms with Crippen LogP contribution in [0.15, 0.2) is 144 Å². The Labute approximate surface area is 265 Å². The van der Waals surface area contributed by atoms with Crippen LogP contribution in [0.2, 0.25) is 0 Å². The van der Waals surface area contributed by atoms with Gasteiger partial charge in [0, 0.05) is 47.4 Å². The van der Waals surface area contributed by atoms with E-state index in [9.17, 15) is 0 Å². The fraction of sp³-hybridized carbons (Fsp3) is 0. The fourth-order valence-electron chi connectivity index (χ4n) is 7.52. The van der Waals surface area contributed by atoms with Crippen molar-refractivity contribution in [1.82, 2.24) is 14.1 Å². The first-order valence-electron chi connectivity index (χ1n) is 15.5. The molecule has 7 aromatic carbocycles. The monoisotopic (exact) mass is 605 g/mol. The molecule has 0 unspecified atom stereocenters. The molecule has 0 N–H and O–H groups in total. The van der Waals surface area contributed by atoms with Crippen LogP contribution in [0.5, 0.6) is 0 Å². The zero-order valence-corrected chi connectivity index (χ0v) is 25.3. The van der Waals surface area contributed by atoms with Gasteiger partial charge in [-0.2, -0.15) is 4.98 Å². The largest absolute Gasteiger partial charge is 0.422 e. The first-order valence-corrected chi connectivity index (χ1v) is 16.3. The lowest BCUT2D eigenvalue weighted by Crippen LogP contribution is -1.96. The van der Waals surface area contributed by atoms with Crippen molar-refractivity contribution in [2.24, 2.45) is 0 Å². The summed E-state index contributed by atoms with van der Waals surface area (Å²) in [5, 5.41) is 9.58. The Morgan fingerprint density at radius 1 is 0.478 bits per heavy atom. The highest BCUT2D eigenvalue weighted by Crippen LogP contribution is 2.42. The third kappa shape index (κ3) is 3.19. The molecule has 4 aromatic heterocycles. The van der Waals surface area contributed by atoms with E-state index in [0.29, 0.717) is 6.01 Å². The summed E-state index contributed by atoms with van der Waals surface area (Å²) < 4.78 is 13.8. The van der Waals surface area contributed by atoms with Crippen LogP contribution < -0.4 is 0 Å². The Morgan fingerprint density at radius 2 is 1.13 bits per heavy atom. The summed E-state index contributed by atoms with van der Waals surface area (Å²) in [6, 6.07) is 50.6. The molecule has 0 amide bonds. The van der Waals surface area contributed by atoms with Gasteiger partial charge in [0.25, 0.3) is 0 Å². The van der Waals surface area contributed by atoms with Gasteiger partial charge in [-0.05, 0) is 71.4 Å². The zero-order chi connectivity index (χ0) is 29.9. The van der Waals surface area contributed by atoms with E-state index in [0.717, 1.165) is 38.6 Å². The standard InChI is InChI=1S/C41H23N3OS/c1-2-10-25-22-36-30(21-24(25)9-1)31-23-26(43-33-14-6-3-11-27(33)28-12-4-7-15-34(28)43)17-19-35(31)44(36)41-42-32-18-20-38-39(40(32)45-41)29-13-5-8-16-37(29)46-38/h1-23H. The molecule has 0 saturated heterocycles. The minimum Gasteiger partial charge on any atom is -0.422 e. The van der Waals surface area contributed by atoms with E-state index in [1.165, 1.54) is 52.8 Å². The molecule has 0 bridgehead atoms. The minimum absolute atomic E-state index is 0.581. The van der Waals surface area contributed by atoms with Gasteiger partial charge in [0.15, 0.2) is 5.58 Å². The van der Waals surface area contributed by atoms with E-state index in [2.05, 4.69) is 149 Å². The normalized spacial score (nSPS) is 12.3. The molecule has 5 heteroatoms. The third-order valence-corrected chi connectivity index (χ3v) is 10.7. The number of benzene rings is 7. The number of thiophene rings is 1. The Morgan fingerprint density at radius 3 is 1.93 bits per heavy atom. The van der Waals surface area contributed by atoms with Crippen LogP contribution in [0, 0.1) is 0 Å². The van der Waals surface area contributed by atoms with Crippen molar-refractivity contribution >= 4 is 97.0 Å². The highest BCUT2D eigenvalue weighted by atomic mass is 32.1. The molecule has 4 heterocycles. The van der Waals surface area contributed by atoms with Gasteiger partial charge >= 0.3 is 6.01 Å². The van der Waals surface area contributed by atoms with Crippen molar-refractivity contribution in [2.75, 3.05) is 0 Å². The van der Waals surface area contributed by atoms with Gasteiger partial charge in [0.05, 0.1) is 22.1 Å². The Bertz CT molecular complexity index is 2990. The Kier molecular flexibility index (Phi) is 4.69. The van der Waals surface area contributed by atoms with E-state index >= 15 is 0 Å². The Hall–Kier alpha value is -5.91. The highest BCUT2D eigenvalue weighted by molar-refractivity contribution is 7.26. The van der Waals surface area contributed by atoms with Crippen molar-refractivity contribution in [3.8, 4) is 11.7 Å². The molecule has 214 valence electrons. The van der Waals surface area contributed by atoms with Crippen molar-refractivity contribution in [3.63, 3.8) is 0 Å². The van der Waals surface area contributed by atoms with Crippen LogP contribution >= 0.6 is 11.3 Å². The van der Waals surface area contributed by atoms with Crippen molar-refractivity contribution < 1.29 is 4.42 Å². The quantitative estimate of drug-likeness (QED) is 0.196.